The van der Waals surface area contributed by atoms with Crippen LogP contribution in [0.3, 0.4) is 0 Å². The third kappa shape index (κ3) is 6.20. The minimum Gasteiger partial charge on any atom is -0.357 e. The highest BCUT2D eigenvalue weighted by Crippen LogP contribution is 2.20. The highest BCUT2D eigenvalue weighted by molar-refractivity contribution is 5.94. The Morgan fingerprint density at radius 1 is 1.28 bits per heavy atom. The maximum absolute atomic E-state index is 12.9. The molecule has 0 bridgehead atoms. The molecule has 0 aliphatic carbocycles. The van der Waals surface area contributed by atoms with Crippen molar-refractivity contribution in [3.8, 4) is 0 Å². The van der Waals surface area contributed by atoms with Crippen molar-refractivity contribution in [3.63, 3.8) is 0 Å². The predicted molar refractivity (Wildman–Crippen MR) is 120 cm³/mol. The van der Waals surface area contributed by atoms with E-state index in [2.05, 4.69) is 29.0 Å². The minimum atomic E-state index is 0. The van der Waals surface area contributed by atoms with E-state index in [0.29, 0.717) is 18.7 Å². The Morgan fingerprint density at radius 3 is 2.69 bits per heavy atom. The van der Waals surface area contributed by atoms with Crippen LogP contribution >= 0.6 is 24.8 Å². The summed E-state index contributed by atoms with van der Waals surface area (Å²) in [4.78, 5) is 35.7. The number of carbonyl (C=O) groups is 2. The molecule has 0 radical (unpaired) electrons. The molecule has 7 nitrogen and oxygen atoms in total. The van der Waals surface area contributed by atoms with Crippen LogP contribution in [0, 0.1) is 0 Å². The van der Waals surface area contributed by atoms with Gasteiger partial charge in [-0.3, -0.25) is 9.59 Å². The Balaban J connectivity index is 0.00000210. The monoisotopic (exact) mass is 445 g/mol. The van der Waals surface area contributed by atoms with E-state index in [1.165, 1.54) is 0 Å². The van der Waals surface area contributed by atoms with Crippen LogP contribution in [-0.2, 0) is 4.79 Å². The Labute approximate surface area is 186 Å². The lowest BCUT2D eigenvalue weighted by molar-refractivity contribution is -0.135. The number of piperidine rings is 1. The molecular formula is C20H33Cl2N5O2. The number of pyridine rings is 1. The van der Waals surface area contributed by atoms with E-state index in [-0.39, 0.29) is 42.7 Å². The van der Waals surface area contributed by atoms with E-state index >= 15 is 0 Å². The van der Waals surface area contributed by atoms with Crippen molar-refractivity contribution in [1.29, 1.82) is 0 Å². The molecule has 1 aromatic rings. The zero-order valence-corrected chi connectivity index (χ0v) is 18.9. The second-order valence-electron chi connectivity index (χ2n) is 7.30. The lowest BCUT2D eigenvalue weighted by Gasteiger charge is -2.41. The summed E-state index contributed by atoms with van der Waals surface area (Å²) in [7, 11) is 0. The van der Waals surface area contributed by atoms with Gasteiger partial charge in [0.05, 0.1) is 12.1 Å². The van der Waals surface area contributed by atoms with Crippen molar-refractivity contribution in [3.05, 3.63) is 23.9 Å². The van der Waals surface area contributed by atoms with E-state index in [9.17, 15) is 9.59 Å². The van der Waals surface area contributed by atoms with E-state index < -0.39 is 0 Å². The van der Waals surface area contributed by atoms with Gasteiger partial charge in [0.2, 0.25) is 5.91 Å². The summed E-state index contributed by atoms with van der Waals surface area (Å²) in [5.41, 5.74) is 0.624. The van der Waals surface area contributed by atoms with E-state index in [4.69, 9.17) is 0 Å². The van der Waals surface area contributed by atoms with Gasteiger partial charge in [-0.25, -0.2) is 4.98 Å². The summed E-state index contributed by atoms with van der Waals surface area (Å²) in [6.07, 6.45) is 4.65. The topological polar surface area (TPSA) is 68.8 Å². The average molecular weight is 446 g/mol. The summed E-state index contributed by atoms with van der Waals surface area (Å²) in [5, 5.41) is 3.11. The maximum atomic E-state index is 12.9. The first-order valence-electron chi connectivity index (χ1n) is 10.1. The molecule has 0 saturated carbocycles. The number of nitrogens with zero attached hydrogens (tertiary/aromatic N) is 4. The van der Waals surface area contributed by atoms with Crippen LogP contribution in [0.25, 0.3) is 0 Å². The Morgan fingerprint density at radius 2 is 2.07 bits per heavy atom. The van der Waals surface area contributed by atoms with Gasteiger partial charge < -0.3 is 20.0 Å². The lowest BCUT2D eigenvalue weighted by atomic mass is 10.0. The van der Waals surface area contributed by atoms with Gasteiger partial charge in [-0.2, -0.15) is 0 Å². The van der Waals surface area contributed by atoms with Crippen LogP contribution in [0.5, 0.6) is 0 Å². The van der Waals surface area contributed by atoms with Crippen LogP contribution in [-0.4, -0.2) is 78.5 Å². The van der Waals surface area contributed by atoms with E-state index in [1.807, 2.05) is 21.9 Å². The smallest absolute Gasteiger partial charge is 0.255 e. The zero-order chi connectivity index (χ0) is 19.2. The number of piperazine rings is 1. The fourth-order valence-electron chi connectivity index (χ4n) is 3.99. The number of nitrogens with one attached hydrogen (secondary N) is 1. The lowest BCUT2D eigenvalue weighted by Crippen LogP contribution is -2.57. The third-order valence-corrected chi connectivity index (χ3v) is 5.44. The highest BCUT2D eigenvalue weighted by Gasteiger charge is 2.32. The Kier molecular flexibility index (Phi) is 10.7. The number of rotatable bonds is 6. The molecule has 1 unspecified atom stereocenters. The quantitative estimate of drug-likeness (QED) is 0.726. The molecule has 2 fully saturated rings. The van der Waals surface area contributed by atoms with Crippen LogP contribution in [0.2, 0.25) is 0 Å². The molecule has 1 atom stereocenters. The molecule has 2 amide bonds. The average Bonchev–Trinajstić information content (AvgIpc) is 2.72. The summed E-state index contributed by atoms with van der Waals surface area (Å²) in [6.45, 7) is 9.44. The standard InChI is InChI=1S/C20H31N5O2.2ClH/c1-3-10-23(4-2)18-8-7-16(13-22-18)20(27)24-11-5-6-17(15-24)25-12-9-21-14-19(25)26;;/h7-8,13,17,21H,3-6,9-12,14-15H2,1-2H3;2*1H. The second kappa shape index (κ2) is 12.2. The third-order valence-electron chi connectivity index (χ3n) is 5.44. The van der Waals surface area contributed by atoms with Gasteiger partial charge in [-0.05, 0) is 38.3 Å². The van der Waals surface area contributed by atoms with Crippen molar-refractivity contribution in [2.24, 2.45) is 0 Å². The van der Waals surface area contributed by atoms with Crippen molar-refractivity contribution in [1.82, 2.24) is 20.1 Å². The Hall–Kier alpha value is -1.57. The fourth-order valence-corrected chi connectivity index (χ4v) is 3.99. The molecule has 1 aromatic heterocycles. The zero-order valence-electron chi connectivity index (χ0n) is 17.3. The molecule has 2 aliphatic heterocycles. The second-order valence-corrected chi connectivity index (χ2v) is 7.30. The molecule has 0 aromatic carbocycles. The number of halogens is 2. The van der Waals surface area contributed by atoms with Crippen LogP contribution in [0.4, 0.5) is 5.82 Å². The maximum Gasteiger partial charge on any atom is 0.255 e. The summed E-state index contributed by atoms with van der Waals surface area (Å²) in [6, 6.07) is 3.95. The first kappa shape index (κ1) is 25.5. The van der Waals surface area contributed by atoms with E-state index in [0.717, 1.165) is 57.8 Å². The summed E-state index contributed by atoms with van der Waals surface area (Å²) < 4.78 is 0. The molecule has 2 saturated heterocycles. The predicted octanol–water partition coefficient (Wildman–Crippen LogP) is 2.20. The number of aromatic nitrogens is 1. The molecule has 164 valence electrons. The largest absolute Gasteiger partial charge is 0.357 e. The molecule has 0 spiro atoms. The van der Waals surface area contributed by atoms with Gasteiger partial charge in [0, 0.05) is 51.5 Å². The van der Waals surface area contributed by atoms with E-state index in [1.54, 1.807) is 6.20 Å². The van der Waals surface area contributed by atoms with Gasteiger partial charge in [-0.1, -0.05) is 6.92 Å². The Bertz CT molecular complexity index is 659. The fraction of sp³-hybridized carbons (Fsp3) is 0.650. The summed E-state index contributed by atoms with van der Waals surface area (Å²) >= 11 is 0. The molecule has 3 heterocycles. The number of hydrogen-bond acceptors (Lipinski definition) is 5. The molecule has 9 heteroatoms. The van der Waals surface area contributed by atoms with Crippen LogP contribution < -0.4 is 10.2 Å². The van der Waals surface area contributed by atoms with Crippen molar-refractivity contribution in [2.45, 2.75) is 39.2 Å². The van der Waals surface area contributed by atoms with Crippen molar-refractivity contribution >= 4 is 42.4 Å². The first-order valence-corrected chi connectivity index (χ1v) is 10.1. The molecule has 2 aliphatic rings. The number of anilines is 1. The summed E-state index contributed by atoms with van der Waals surface area (Å²) in [5.74, 6) is 1.07. The minimum absolute atomic E-state index is 0. The van der Waals surface area contributed by atoms with Gasteiger partial charge in [0.1, 0.15) is 5.82 Å². The SMILES string of the molecule is CCCN(CC)c1ccc(C(=O)N2CCCC(N3CCNCC3=O)C2)cn1.Cl.Cl. The molecule has 1 N–H and O–H groups in total. The van der Waals surface area contributed by atoms with Crippen molar-refractivity contribution < 1.29 is 9.59 Å². The van der Waals surface area contributed by atoms with Gasteiger partial charge in [-0.15, -0.1) is 24.8 Å². The molecular weight excluding hydrogens is 413 g/mol. The normalized spacial score (nSPS) is 19.2. The highest BCUT2D eigenvalue weighted by atomic mass is 35.5. The van der Waals surface area contributed by atoms with Crippen LogP contribution in [0.1, 0.15) is 43.5 Å². The van der Waals surface area contributed by atoms with Gasteiger partial charge in [0.25, 0.3) is 5.91 Å². The van der Waals surface area contributed by atoms with Gasteiger partial charge in [0.15, 0.2) is 0 Å². The van der Waals surface area contributed by atoms with Crippen molar-refractivity contribution in [2.75, 3.05) is 50.7 Å². The first-order chi connectivity index (χ1) is 13.1. The number of likely N-dealkylation sites (tertiary alicyclic amines) is 1. The number of amides is 2. The van der Waals surface area contributed by atoms with Crippen LogP contribution in [0.15, 0.2) is 18.3 Å². The molecule has 29 heavy (non-hydrogen) atoms. The van der Waals surface area contributed by atoms with Gasteiger partial charge >= 0.3 is 0 Å². The number of carbonyl (C=O) groups excluding carboxylic acids is 2. The molecule has 3 rings (SSSR count). The number of hydrogen-bond donors (Lipinski definition) is 1.